The summed E-state index contributed by atoms with van der Waals surface area (Å²) < 4.78 is 4.98. The molecule has 4 heteroatoms. The lowest BCUT2D eigenvalue weighted by molar-refractivity contribution is 0.0319. The molecule has 1 aliphatic rings. The zero-order valence-corrected chi connectivity index (χ0v) is 8.59. The number of hydrogen-bond acceptors (Lipinski definition) is 3. The Hall–Kier alpha value is -0.770. The van der Waals surface area contributed by atoms with Crippen molar-refractivity contribution < 1.29 is 9.53 Å². The first-order chi connectivity index (χ1) is 6.08. The molecule has 0 bridgehead atoms. The Labute approximate surface area is 79.2 Å². The van der Waals surface area contributed by atoms with Crippen LogP contribution in [0, 0.1) is 0 Å². The van der Waals surface area contributed by atoms with Gasteiger partial charge >= 0.3 is 6.09 Å². The summed E-state index contributed by atoms with van der Waals surface area (Å²) in [5.41, 5.74) is -0.160. The molecule has 76 valence electrons. The number of amides is 1. The van der Waals surface area contributed by atoms with Crippen LogP contribution in [0.15, 0.2) is 0 Å². The first-order valence-electron chi connectivity index (χ1n) is 4.67. The SMILES string of the molecule is CNCC(C)(C)N1CCCOC1=O. The first kappa shape index (κ1) is 10.3. The van der Waals surface area contributed by atoms with Crippen LogP contribution in [0.1, 0.15) is 20.3 Å². The summed E-state index contributed by atoms with van der Waals surface area (Å²) in [6.07, 6.45) is 0.741. The van der Waals surface area contributed by atoms with Crippen LogP contribution in [0.2, 0.25) is 0 Å². The molecule has 0 spiro atoms. The molecule has 0 saturated carbocycles. The fourth-order valence-electron chi connectivity index (χ4n) is 1.63. The van der Waals surface area contributed by atoms with Gasteiger partial charge in [-0.1, -0.05) is 0 Å². The third-order valence-electron chi connectivity index (χ3n) is 2.31. The average Bonchev–Trinajstić information content (AvgIpc) is 2.04. The Balaban J connectivity index is 2.61. The van der Waals surface area contributed by atoms with Gasteiger partial charge < -0.3 is 15.0 Å². The lowest BCUT2D eigenvalue weighted by atomic mass is 10.0. The topological polar surface area (TPSA) is 41.6 Å². The third-order valence-corrected chi connectivity index (χ3v) is 2.31. The molecule has 1 saturated heterocycles. The molecular formula is C9H18N2O2. The molecule has 0 radical (unpaired) electrons. The summed E-state index contributed by atoms with van der Waals surface area (Å²) >= 11 is 0. The van der Waals surface area contributed by atoms with Crippen molar-refractivity contribution in [2.24, 2.45) is 0 Å². The van der Waals surface area contributed by atoms with E-state index in [1.165, 1.54) is 0 Å². The van der Waals surface area contributed by atoms with Crippen LogP contribution in [-0.4, -0.2) is 43.3 Å². The monoisotopic (exact) mass is 186 g/mol. The summed E-state index contributed by atoms with van der Waals surface area (Å²) in [6, 6.07) is 0. The van der Waals surface area contributed by atoms with Gasteiger partial charge in [0.2, 0.25) is 0 Å². The lowest BCUT2D eigenvalue weighted by Crippen LogP contribution is -2.55. The third kappa shape index (κ3) is 2.34. The highest BCUT2D eigenvalue weighted by molar-refractivity contribution is 5.69. The molecule has 1 amide bonds. The Morgan fingerprint density at radius 3 is 2.85 bits per heavy atom. The van der Waals surface area contributed by atoms with Crippen molar-refractivity contribution in [1.29, 1.82) is 0 Å². The van der Waals surface area contributed by atoms with E-state index in [1.54, 1.807) is 4.90 Å². The van der Waals surface area contributed by atoms with E-state index in [0.717, 1.165) is 19.5 Å². The van der Waals surface area contributed by atoms with Crippen molar-refractivity contribution in [3.63, 3.8) is 0 Å². The van der Waals surface area contributed by atoms with Crippen LogP contribution in [0.5, 0.6) is 0 Å². The zero-order chi connectivity index (χ0) is 9.90. The smallest absolute Gasteiger partial charge is 0.410 e. The number of ether oxygens (including phenoxy) is 1. The van der Waals surface area contributed by atoms with E-state index in [2.05, 4.69) is 5.32 Å². The molecule has 13 heavy (non-hydrogen) atoms. The minimum Gasteiger partial charge on any atom is -0.449 e. The Bertz CT molecular complexity index is 192. The van der Waals surface area contributed by atoms with Crippen LogP contribution in [0.4, 0.5) is 4.79 Å². The quantitative estimate of drug-likeness (QED) is 0.709. The number of cyclic esters (lactones) is 1. The molecule has 0 atom stereocenters. The van der Waals surface area contributed by atoms with Gasteiger partial charge in [-0.3, -0.25) is 0 Å². The van der Waals surface area contributed by atoms with Crippen molar-refractivity contribution in [2.75, 3.05) is 26.7 Å². The van der Waals surface area contributed by atoms with E-state index in [0.29, 0.717) is 6.61 Å². The van der Waals surface area contributed by atoms with Crippen molar-refractivity contribution in [3.8, 4) is 0 Å². The molecule has 1 fully saturated rings. The molecule has 1 rings (SSSR count). The first-order valence-corrected chi connectivity index (χ1v) is 4.67. The fraction of sp³-hybridized carbons (Fsp3) is 0.889. The van der Waals surface area contributed by atoms with Crippen molar-refractivity contribution in [1.82, 2.24) is 10.2 Å². The maximum Gasteiger partial charge on any atom is 0.410 e. The lowest BCUT2D eigenvalue weighted by Gasteiger charge is -2.39. The van der Waals surface area contributed by atoms with Crippen molar-refractivity contribution >= 4 is 6.09 Å². The summed E-state index contributed by atoms with van der Waals surface area (Å²) in [5.74, 6) is 0. The Kier molecular flexibility index (Phi) is 3.14. The summed E-state index contributed by atoms with van der Waals surface area (Å²) in [5, 5.41) is 3.08. The van der Waals surface area contributed by atoms with Gasteiger partial charge in [0.15, 0.2) is 0 Å². The molecule has 1 N–H and O–H groups in total. The largest absolute Gasteiger partial charge is 0.449 e. The van der Waals surface area contributed by atoms with Crippen LogP contribution in [0.3, 0.4) is 0 Å². The molecule has 1 heterocycles. The van der Waals surface area contributed by atoms with Gasteiger partial charge in [0, 0.05) is 13.1 Å². The summed E-state index contributed by atoms with van der Waals surface area (Å²) in [4.78, 5) is 13.2. The van der Waals surface area contributed by atoms with E-state index in [1.807, 2.05) is 20.9 Å². The van der Waals surface area contributed by atoms with Crippen LogP contribution < -0.4 is 5.32 Å². The van der Waals surface area contributed by atoms with Gasteiger partial charge in [-0.25, -0.2) is 4.79 Å². The van der Waals surface area contributed by atoms with Gasteiger partial charge in [0.25, 0.3) is 0 Å². The van der Waals surface area contributed by atoms with Gasteiger partial charge in [-0.05, 0) is 27.3 Å². The second-order valence-electron chi connectivity index (χ2n) is 3.96. The highest BCUT2D eigenvalue weighted by atomic mass is 16.6. The summed E-state index contributed by atoms with van der Waals surface area (Å²) in [7, 11) is 1.89. The number of carbonyl (C=O) groups excluding carboxylic acids is 1. The minimum absolute atomic E-state index is 0.160. The van der Waals surface area contributed by atoms with E-state index in [-0.39, 0.29) is 11.6 Å². The van der Waals surface area contributed by atoms with Gasteiger partial charge in [0.1, 0.15) is 0 Å². The molecule has 0 aromatic rings. The zero-order valence-electron chi connectivity index (χ0n) is 8.59. The Morgan fingerprint density at radius 1 is 1.62 bits per heavy atom. The average molecular weight is 186 g/mol. The highest BCUT2D eigenvalue weighted by Crippen LogP contribution is 2.18. The van der Waals surface area contributed by atoms with Gasteiger partial charge in [-0.15, -0.1) is 0 Å². The molecular weight excluding hydrogens is 168 g/mol. The normalized spacial score (nSPS) is 18.7. The van der Waals surface area contributed by atoms with E-state index < -0.39 is 0 Å². The van der Waals surface area contributed by atoms with Crippen LogP contribution >= 0.6 is 0 Å². The minimum atomic E-state index is -0.188. The molecule has 0 aliphatic carbocycles. The number of likely N-dealkylation sites (N-methyl/N-ethyl adjacent to an activating group) is 1. The number of rotatable bonds is 3. The number of carbonyl (C=O) groups is 1. The van der Waals surface area contributed by atoms with Gasteiger partial charge in [-0.2, -0.15) is 0 Å². The fourth-order valence-corrected chi connectivity index (χ4v) is 1.63. The van der Waals surface area contributed by atoms with E-state index in [4.69, 9.17) is 4.74 Å². The standard InChI is InChI=1S/C9H18N2O2/c1-9(2,7-10-3)11-5-4-6-13-8(11)12/h10H,4-7H2,1-3H3. The molecule has 0 unspecified atom stereocenters. The molecule has 4 nitrogen and oxygen atoms in total. The number of nitrogens with zero attached hydrogens (tertiary/aromatic N) is 1. The van der Waals surface area contributed by atoms with Crippen LogP contribution in [0.25, 0.3) is 0 Å². The predicted octanol–water partition coefficient (Wildman–Crippen LogP) is 0.827. The molecule has 0 aromatic carbocycles. The number of hydrogen-bond donors (Lipinski definition) is 1. The highest BCUT2D eigenvalue weighted by Gasteiger charge is 2.33. The molecule has 1 aliphatic heterocycles. The van der Waals surface area contributed by atoms with E-state index >= 15 is 0 Å². The maximum absolute atomic E-state index is 11.4. The predicted molar refractivity (Wildman–Crippen MR) is 50.7 cm³/mol. The number of nitrogens with one attached hydrogen (secondary N) is 1. The molecule has 0 aromatic heterocycles. The van der Waals surface area contributed by atoms with Gasteiger partial charge in [0.05, 0.1) is 12.1 Å². The summed E-state index contributed by atoms with van der Waals surface area (Å²) in [6.45, 7) is 6.22. The Morgan fingerprint density at radius 2 is 2.31 bits per heavy atom. The maximum atomic E-state index is 11.4. The second-order valence-corrected chi connectivity index (χ2v) is 3.96. The van der Waals surface area contributed by atoms with E-state index in [9.17, 15) is 4.79 Å². The second kappa shape index (κ2) is 3.96. The van der Waals surface area contributed by atoms with Crippen molar-refractivity contribution in [3.05, 3.63) is 0 Å². The van der Waals surface area contributed by atoms with Crippen LogP contribution in [-0.2, 0) is 4.74 Å². The van der Waals surface area contributed by atoms with Crippen molar-refractivity contribution in [2.45, 2.75) is 25.8 Å².